The monoisotopic (exact) mass is 216 g/mol. The molecule has 0 aromatic heterocycles. The average molecular weight is 216 g/mol. The van der Waals surface area contributed by atoms with Crippen LogP contribution in [0.5, 0.6) is 0 Å². The van der Waals surface area contributed by atoms with Crippen molar-refractivity contribution in [2.24, 2.45) is 0 Å². The van der Waals surface area contributed by atoms with Crippen LogP contribution in [0.3, 0.4) is 0 Å². The van der Waals surface area contributed by atoms with E-state index in [4.69, 9.17) is 4.74 Å². The van der Waals surface area contributed by atoms with Gasteiger partial charge in [0.2, 0.25) is 0 Å². The van der Waals surface area contributed by atoms with Crippen LogP contribution in [0.2, 0.25) is 0 Å². The van der Waals surface area contributed by atoms with Crippen LogP contribution in [0.4, 0.5) is 0 Å². The molecule has 1 aliphatic rings. The van der Waals surface area contributed by atoms with E-state index < -0.39 is 5.60 Å². The third-order valence-corrected chi connectivity index (χ3v) is 3.35. The van der Waals surface area contributed by atoms with Gasteiger partial charge in [-0.25, -0.2) is 0 Å². The van der Waals surface area contributed by atoms with Gasteiger partial charge >= 0.3 is 0 Å². The first-order chi connectivity index (χ1) is 6.47. The Kier molecular flexibility index (Phi) is 4.02. The summed E-state index contributed by atoms with van der Waals surface area (Å²) in [6.07, 6.45) is 3.84. The smallest absolute Gasteiger partial charge is 0.151 e. The van der Waals surface area contributed by atoms with Crippen LogP contribution < -0.4 is 0 Å². The highest BCUT2D eigenvalue weighted by Gasteiger charge is 2.35. The van der Waals surface area contributed by atoms with Crippen LogP contribution >= 0.6 is 11.8 Å². The Morgan fingerprint density at radius 2 is 2.00 bits per heavy atom. The topological polar surface area (TPSA) is 26.3 Å². The van der Waals surface area contributed by atoms with Crippen molar-refractivity contribution in [3.05, 3.63) is 0 Å². The maximum Gasteiger partial charge on any atom is 0.151 e. The first-order valence-corrected chi connectivity index (χ1v) is 6.37. The molecule has 0 spiro atoms. The van der Waals surface area contributed by atoms with Crippen molar-refractivity contribution >= 4 is 18.0 Å². The SMILES string of the molecule is CC(C)(C)OC1(C=O)CCCSCC1. The number of hydrogen-bond acceptors (Lipinski definition) is 3. The number of rotatable bonds is 2. The second-order valence-corrected chi connectivity index (χ2v) is 6.09. The van der Waals surface area contributed by atoms with E-state index in [9.17, 15) is 4.79 Å². The fourth-order valence-electron chi connectivity index (χ4n) is 1.80. The van der Waals surface area contributed by atoms with Crippen molar-refractivity contribution in [1.29, 1.82) is 0 Å². The van der Waals surface area contributed by atoms with Gasteiger partial charge in [-0.2, -0.15) is 11.8 Å². The third-order valence-electron chi connectivity index (χ3n) is 2.28. The number of carbonyl (C=O) groups excluding carboxylic acids is 1. The summed E-state index contributed by atoms with van der Waals surface area (Å²) >= 11 is 1.92. The van der Waals surface area contributed by atoms with Gasteiger partial charge in [0, 0.05) is 0 Å². The zero-order chi connectivity index (χ0) is 10.7. The molecule has 1 fully saturated rings. The number of ether oxygens (including phenoxy) is 1. The maximum absolute atomic E-state index is 11.2. The van der Waals surface area contributed by atoms with E-state index in [1.165, 1.54) is 0 Å². The molecule has 0 N–H and O–H groups in total. The van der Waals surface area contributed by atoms with Crippen molar-refractivity contribution in [3.8, 4) is 0 Å². The molecule has 0 bridgehead atoms. The Hall–Kier alpha value is -0.0200. The zero-order valence-electron chi connectivity index (χ0n) is 9.34. The molecule has 0 radical (unpaired) electrons. The lowest BCUT2D eigenvalue weighted by Gasteiger charge is -2.34. The van der Waals surface area contributed by atoms with Crippen molar-refractivity contribution < 1.29 is 9.53 Å². The van der Waals surface area contributed by atoms with Crippen molar-refractivity contribution in [1.82, 2.24) is 0 Å². The van der Waals surface area contributed by atoms with Gasteiger partial charge in [0.05, 0.1) is 5.60 Å². The predicted molar refractivity (Wildman–Crippen MR) is 60.8 cm³/mol. The fourth-order valence-corrected chi connectivity index (χ4v) is 2.84. The van der Waals surface area contributed by atoms with Crippen LogP contribution in [-0.2, 0) is 9.53 Å². The molecule has 0 aliphatic carbocycles. The molecular weight excluding hydrogens is 196 g/mol. The van der Waals surface area contributed by atoms with Crippen molar-refractivity contribution in [2.45, 2.75) is 51.2 Å². The summed E-state index contributed by atoms with van der Waals surface area (Å²) in [5.74, 6) is 2.19. The third kappa shape index (κ3) is 3.62. The van der Waals surface area contributed by atoms with E-state index in [1.807, 2.05) is 32.5 Å². The van der Waals surface area contributed by atoms with E-state index in [0.717, 1.165) is 37.1 Å². The van der Waals surface area contributed by atoms with Gasteiger partial charge in [0.1, 0.15) is 5.60 Å². The summed E-state index contributed by atoms with van der Waals surface area (Å²) in [7, 11) is 0. The van der Waals surface area contributed by atoms with E-state index in [-0.39, 0.29) is 5.60 Å². The summed E-state index contributed by atoms with van der Waals surface area (Å²) in [5, 5.41) is 0. The fraction of sp³-hybridized carbons (Fsp3) is 0.909. The molecular formula is C11H20O2S. The largest absolute Gasteiger partial charge is 0.362 e. The van der Waals surface area contributed by atoms with Gasteiger partial charge in [-0.05, 0) is 51.5 Å². The number of aldehydes is 1. The minimum Gasteiger partial charge on any atom is -0.362 e. The normalized spacial score (nSPS) is 29.6. The van der Waals surface area contributed by atoms with E-state index >= 15 is 0 Å². The molecule has 0 amide bonds. The maximum atomic E-state index is 11.2. The molecule has 1 saturated heterocycles. The first kappa shape index (κ1) is 12.1. The predicted octanol–water partition coefficient (Wildman–Crippen LogP) is 2.66. The molecule has 0 aromatic rings. The van der Waals surface area contributed by atoms with Crippen molar-refractivity contribution in [2.75, 3.05) is 11.5 Å². The molecule has 1 rings (SSSR count). The average Bonchev–Trinajstić information content (AvgIpc) is 2.28. The van der Waals surface area contributed by atoms with Crippen LogP contribution in [-0.4, -0.2) is 29.0 Å². The zero-order valence-corrected chi connectivity index (χ0v) is 10.2. The summed E-state index contributed by atoms with van der Waals surface area (Å²) in [4.78, 5) is 11.2. The van der Waals surface area contributed by atoms with Gasteiger partial charge < -0.3 is 9.53 Å². The summed E-state index contributed by atoms with van der Waals surface area (Å²) < 4.78 is 5.91. The molecule has 1 unspecified atom stereocenters. The highest BCUT2D eigenvalue weighted by Crippen LogP contribution is 2.31. The van der Waals surface area contributed by atoms with Crippen LogP contribution in [0, 0.1) is 0 Å². The quantitative estimate of drug-likeness (QED) is 0.664. The molecule has 14 heavy (non-hydrogen) atoms. The molecule has 1 aliphatic heterocycles. The van der Waals surface area contributed by atoms with Gasteiger partial charge in [-0.1, -0.05) is 0 Å². The minimum atomic E-state index is -0.512. The molecule has 0 saturated carbocycles. The molecule has 1 atom stereocenters. The minimum absolute atomic E-state index is 0.226. The van der Waals surface area contributed by atoms with Gasteiger partial charge in [-0.3, -0.25) is 0 Å². The van der Waals surface area contributed by atoms with Gasteiger partial charge in [-0.15, -0.1) is 0 Å². The van der Waals surface area contributed by atoms with Crippen LogP contribution in [0.25, 0.3) is 0 Å². The van der Waals surface area contributed by atoms with Gasteiger partial charge in [0.25, 0.3) is 0 Å². The lowest BCUT2D eigenvalue weighted by Crippen LogP contribution is -2.41. The second kappa shape index (κ2) is 4.67. The van der Waals surface area contributed by atoms with E-state index in [0.29, 0.717) is 0 Å². The molecule has 0 aromatic carbocycles. The summed E-state index contributed by atoms with van der Waals surface area (Å²) in [6.45, 7) is 6.03. The Labute approximate surface area is 90.8 Å². The Morgan fingerprint density at radius 3 is 2.57 bits per heavy atom. The number of carbonyl (C=O) groups is 1. The molecule has 3 heteroatoms. The Morgan fingerprint density at radius 1 is 1.29 bits per heavy atom. The van der Waals surface area contributed by atoms with Crippen LogP contribution in [0.15, 0.2) is 0 Å². The highest BCUT2D eigenvalue weighted by atomic mass is 32.2. The summed E-state index contributed by atoms with van der Waals surface area (Å²) in [6, 6.07) is 0. The second-order valence-electron chi connectivity index (χ2n) is 4.86. The Bertz CT molecular complexity index is 188. The number of hydrogen-bond donors (Lipinski definition) is 0. The lowest BCUT2D eigenvalue weighted by atomic mass is 9.95. The Balaban J connectivity index is 2.67. The van der Waals surface area contributed by atoms with E-state index in [1.54, 1.807) is 0 Å². The van der Waals surface area contributed by atoms with E-state index in [2.05, 4.69) is 0 Å². The summed E-state index contributed by atoms with van der Waals surface area (Å²) in [5.41, 5.74) is -0.738. The standard InChI is InChI=1S/C11H20O2S/c1-10(2,3)13-11(9-12)5-4-7-14-8-6-11/h9H,4-8H2,1-3H3. The van der Waals surface area contributed by atoms with Crippen molar-refractivity contribution in [3.63, 3.8) is 0 Å². The molecule has 1 heterocycles. The highest BCUT2D eigenvalue weighted by molar-refractivity contribution is 7.99. The van der Waals surface area contributed by atoms with Crippen LogP contribution in [0.1, 0.15) is 40.0 Å². The first-order valence-electron chi connectivity index (χ1n) is 5.22. The molecule has 2 nitrogen and oxygen atoms in total. The lowest BCUT2D eigenvalue weighted by molar-refractivity contribution is -0.155. The molecule has 82 valence electrons. The number of thioether (sulfide) groups is 1. The van der Waals surface area contributed by atoms with Gasteiger partial charge in [0.15, 0.2) is 6.29 Å².